The van der Waals surface area contributed by atoms with Crippen molar-refractivity contribution in [3.8, 4) is 39.3 Å². The maximum atomic E-state index is 8.36. The number of para-hydroxylation sites is 1. The molecule has 0 radical (unpaired) electrons. The van der Waals surface area contributed by atoms with Crippen molar-refractivity contribution in [2.24, 2.45) is 0 Å². The number of rotatable bonds is 4. The normalized spacial score (nSPS) is 13.1. The van der Waals surface area contributed by atoms with Crippen LogP contribution in [0.25, 0.3) is 71.9 Å². The van der Waals surface area contributed by atoms with Crippen LogP contribution in [0.15, 0.2) is 152 Å². The third-order valence-electron chi connectivity index (χ3n) is 7.60. The van der Waals surface area contributed by atoms with E-state index in [1.165, 1.54) is 0 Å². The van der Waals surface area contributed by atoms with Gasteiger partial charge in [0.25, 0.3) is 0 Å². The summed E-state index contributed by atoms with van der Waals surface area (Å²) in [6.07, 6.45) is 3.70. The third kappa shape index (κ3) is 3.98. The molecule has 0 saturated heterocycles. The first-order valence-electron chi connectivity index (χ1n) is 15.9. The van der Waals surface area contributed by atoms with Gasteiger partial charge in [0.15, 0.2) is 0 Å². The first-order chi connectivity index (χ1) is 22.4. The quantitative estimate of drug-likeness (QED) is 0.228. The van der Waals surface area contributed by atoms with Gasteiger partial charge in [0.05, 0.1) is 17.9 Å². The van der Waals surface area contributed by atoms with Crippen LogP contribution in [0.4, 0.5) is 0 Å². The Kier molecular flexibility index (Phi) is 4.37. The molecule has 41 heavy (non-hydrogen) atoms. The van der Waals surface area contributed by atoms with Crippen molar-refractivity contribution >= 4 is 32.6 Å². The van der Waals surface area contributed by atoms with Crippen LogP contribution in [0.2, 0.25) is 0 Å². The zero-order valence-electron chi connectivity index (χ0n) is 26.9. The van der Waals surface area contributed by atoms with Gasteiger partial charge in [-0.3, -0.25) is 4.57 Å². The van der Waals surface area contributed by atoms with Crippen LogP contribution < -0.4 is 0 Å². The second-order valence-electron chi connectivity index (χ2n) is 9.97. The lowest BCUT2D eigenvalue weighted by Crippen LogP contribution is -2.01. The molecule has 0 bridgehead atoms. The highest BCUT2D eigenvalue weighted by molar-refractivity contribution is 6.18. The number of benzene rings is 6. The van der Waals surface area contributed by atoms with E-state index in [9.17, 15) is 0 Å². The Balaban J connectivity index is 1.15. The Bertz CT molecular complexity index is 2440. The average Bonchev–Trinajstić information content (AvgIpc) is 3.45. The summed E-state index contributed by atoms with van der Waals surface area (Å²) in [6.45, 7) is 0. The van der Waals surface area contributed by atoms with Gasteiger partial charge in [0.1, 0.15) is 0 Å². The van der Waals surface area contributed by atoms with Crippen molar-refractivity contribution in [3.63, 3.8) is 0 Å². The number of hydrogen-bond acceptors (Lipinski definition) is 2. The van der Waals surface area contributed by atoms with E-state index >= 15 is 0 Å². The Morgan fingerprint density at radius 2 is 1.15 bits per heavy atom. The molecular formula is C38H25N3. The second-order valence-corrected chi connectivity index (χ2v) is 9.97. The number of fused-ring (bicyclic) bond motifs is 5. The van der Waals surface area contributed by atoms with Crippen LogP contribution in [-0.2, 0) is 0 Å². The molecule has 8 aromatic rings. The molecule has 0 aliphatic rings. The van der Waals surface area contributed by atoms with E-state index in [4.69, 9.17) is 16.8 Å². The number of nitrogens with zero attached hydrogens (tertiary/aromatic N) is 3. The maximum absolute atomic E-state index is 8.36. The van der Waals surface area contributed by atoms with Crippen LogP contribution in [-0.4, -0.2) is 14.5 Å². The minimum Gasteiger partial charge on any atom is -0.277 e. The molecule has 0 aliphatic heterocycles. The van der Waals surface area contributed by atoms with E-state index in [0.29, 0.717) is 11.5 Å². The van der Waals surface area contributed by atoms with Crippen molar-refractivity contribution < 1.29 is 6.85 Å². The Morgan fingerprint density at radius 3 is 1.93 bits per heavy atom. The van der Waals surface area contributed by atoms with Crippen LogP contribution in [0.5, 0.6) is 0 Å². The molecule has 0 spiro atoms. The highest BCUT2D eigenvalue weighted by atomic mass is 15.1. The first kappa shape index (κ1) is 18.7. The van der Waals surface area contributed by atoms with E-state index in [1.54, 1.807) is 6.07 Å². The van der Waals surface area contributed by atoms with Gasteiger partial charge >= 0.3 is 0 Å². The molecule has 0 saturated carbocycles. The maximum Gasteiger partial charge on any atom is 0.234 e. The fourth-order valence-electron chi connectivity index (χ4n) is 5.63. The van der Waals surface area contributed by atoms with Gasteiger partial charge in [0.2, 0.25) is 5.95 Å². The lowest BCUT2D eigenvalue weighted by molar-refractivity contribution is 0.992. The molecule has 0 N–H and O–H groups in total. The van der Waals surface area contributed by atoms with Gasteiger partial charge in [-0.25, -0.2) is 9.97 Å². The largest absolute Gasteiger partial charge is 0.277 e. The SMILES string of the molecule is [2H]c1c([2H])c([2H])c(-c2cccc(-c3ccc(-c4cnc(-n5c6ccccc6c6ccc7ccccc7c65)nc4)cc3)c2)c([2H])c1[2H]. The van der Waals surface area contributed by atoms with Crippen molar-refractivity contribution in [2.75, 3.05) is 0 Å². The molecule has 6 aromatic carbocycles. The Hall–Kier alpha value is -5.54. The molecule has 0 amide bonds. The molecule has 3 heteroatoms. The molecule has 192 valence electrons. The van der Waals surface area contributed by atoms with Crippen LogP contribution in [0.1, 0.15) is 6.85 Å². The van der Waals surface area contributed by atoms with Crippen molar-refractivity contribution in [2.45, 2.75) is 0 Å². The van der Waals surface area contributed by atoms with E-state index in [2.05, 4.69) is 59.2 Å². The number of hydrogen-bond donors (Lipinski definition) is 0. The molecule has 0 aliphatic carbocycles. The highest BCUT2D eigenvalue weighted by Crippen LogP contribution is 2.36. The summed E-state index contributed by atoms with van der Waals surface area (Å²) in [6, 6.07) is 35.0. The lowest BCUT2D eigenvalue weighted by atomic mass is 9.98. The van der Waals surface area contributed by atoms with Gasteiger partial charge in [-0.05, 0) is 45.3 Å². The summed E-state index contributed by atoms with van der Waals surface area (Å²) in [5.41, 5.74) is 6.56. The van der Waals surface area contributed by atoms with Crippen LogP contribution in [0.3, 0.4) is 0 Å². The van der Waals surface area contributed by atoms with Gasteiger partial charge in [-0.2, -0.15) is 0 Å². The van der Waals surface area contributed by atoms with E-state index in [0.717, 1.165) is 54.8 Å². The van der Waals surface area contributed by atoms with Gasteiger partial charge in [-0.1, -0.05) is 127 Å². The minimum atomic E-state index is -0.397. The predicted molar refractivity (Wildman–Crippen MR) is 170 cm³/mol. The Labute approximate surface area is 245 Å². The molecule has 0 unspecified atom stereocenters. The Morgan fingerprint density at radius 1 is 0.488 bits per heavy atom. The smallest absolute Gasteiger partial charge is 0.234 e. The van der Waals surface area contributed by atoms with Crippen LogP contribution in [0, 0.1) is 0 Å². The molecule has 2 heterocycles. The summed E-state index contributed by atoms with van der Waals surface area (Å²) >= 11 is 0. The highest BCUT2D eigenvalue weighted by Gasteiger charge is 2.16. The standard InChI is InChI=1S/C38H25N3/c1-2-9-26(10-3-1)30-12-8-13-31(23-30)27-17-19-28(20-18-27)32-24-39-38(40-25-32)41-36-16-7-6-15-34(36)35-22-21-29-11-4-5-14-33(29)37(35)41/h1-25H/i1D,2D,3D,9D,10D. The average molecular weight is 529 g/mol. The molecular weight excluding hydrogens is 498 g/mol. The zero-order chi connectivity index (χ0) is 31.5. The van der Waals surface area contributed by atoms with E-state index in [-0.39, 0.29) is 29.7 Å². The summed E-state index contributed by atoms with van der Waals surface area (Å²) < 4.78 is 42.9. The monoisotopic (exact) mass is 528 g/mol. The third-order valence-corrected chi connectivity index (χ3v) is 7.60. The number of aromatic nitrogens is 3. The molecule has 8 rings (SSSR count). The fourth-order valence-corrected chi connectivity index (χ4v) is 5.63. The topological polar surface area (TPSA) is 30.7 Å². The van der Waals surface area contributed by atoms with Crippen molar-refractivity contribution in [3.05, 3.63) is 152 Å². The summed E-state index contributed by atoms with van der Waals surface area (Å²) in [7, 11) is 0. The summed E-state index contributed by atoms with van der Waals surface area (Å²) in [5.74, 6) is 0.604. The van der Waals surface area contributed by atoms with Crippen molar-refractivity contribution in [1.82, 2.24) is 14.5 Å². The summed E-state index contributed by atoms with van der Waals surface area (Å²) in [4.78, 5) is 9.68. The molecule has 0 atom stereocenters. The first-order valence-corrected chi connectivity index (χ1v) is 13.4. The minimum absolute atomic E-state index is 0.193. The van der Waals surface area contributed by atoms with Gasteiger partial charge in [0, 0.05) is 34.1 Å². The zero-order valence-corrected chi connectivity index (χ0v) is 21.9. The van der Waals surface area contributed by atoms with E-state index < -0.39 is 6.04 Å². The summed E-state index contributed by atoms with van der Waals surface area (Å²) in [5, 5.41) is 4.63. The molecule has 2 aromatic heterocycles. The lowest BCUT2D eigenvalue weighted by Gasteiger charge is -2.10. The second kappa shape index (κ2) is 9.58. The van der Waals surface area contributed by atoms with Gasteiger partial charge < -0.3 is 0 Å². The van der Waals surface area contributed by atoms with E-state index in [1.807, 2.05) is 60.9 Å². The predicted octanol–water partition coefficient (Wildman–Crippen LogP) is 9.73. The molecule has 0 fully saturated rings. The molecule has 3 nitrogen and oxygen atoms in total. The van der Waals surface area contributed by atoms with Gasteiger partial charge in [-0.15, -0.1) is 0 Å². The van der Waals surface area contributed by atoms with Crippen LogP contribution >= 0.6 is 0 Å². The fraction of sp³-hybridized carbons (Fsp3) is 0. The van der Waals surface area contributed by atoms with Crippen molar-refractivity contribution in [1.29, 1.82) is 0 Å².